The number of hydrogen-bond donors (Lipinski definition) is 13. The Kier molecular flexibility index (Phi) is 13.4. The molecule has 2 saturated heterocycles. The van der Waals surface area contributed by atoms with Crippen molar-refractivity contribution in [3.05, 3.63) is 0 Å². The van der Waals surface area contributed by atoms with E-state index in [0.29, 0.717) is 0 Å². The minimum Gasteiger partial charge on any atom is -0.394 e. The van der Waals surface area contributed by atoms with Crippen molar-refractivity contribution < 1.29 is 85.0 Å². The second-order valence-corrected chi connectivity index (χ2v) is 9.43. The first-order valence-corrected chi connectivity index (χ1v) is 12.1. The first-order valence-electron chi connectivity index (χ1n) is 12.1. The summed E-state index contributed by atoms with van der Waals surface area (Å²) in [6.45, 7) is -2.54. The van der Waals surface area contributed by atoms with Crippen LogP contribution in [0.3, 0.4) is 0 Å². The molecule has 18 nitrogen and oxygen atoms in total. The molecule has 2 fully saturated rings. The molecule has 0 aromatic carbocycles. The number of carbonyl (C=O) groups is 1. The third kappa shape index (κ3) is 8.50. The number of aliphatic hydroxyl groups is 12. The van der Waals surface area contributed by atoms with E-state index in [1.165, 1.54) is 0 Å². The van der Waals surface area contributed by atoms with E-state index in [4.69, 9.17) is 24.7 Å². The average Bonchev–Trinajstić information content (AvgIpc) is 2.92. The van der Waals surface area contributed by atoms with Crippen molar-refractivity contribution >= 4 is 5.78 Å². The fourth-order valence-electron chi connectivity index (χ4n) is 3.92. The van der Waals surface area contributed by atoms with Crippen LogP contribution in [-0.2, 0) is 23.7 Å². The molecule has 39 heavy (non-hydrogen) atoms. The van der Waals surface area contributed by atoms with Crippen LogP contribution < -0.4 is 5.73 Å². The molecule has 2 rings (SSSR count). The van der Waals surface area contributed by atoms with Gasteiger partial charge in [0.1, 0.15) is 73.2 Å². The van der Waals surface area contributed by atoms with Gasteiger partial charge in [0.15, 0.2) is 18.4 Å². The molecule has 230 valence electrons. The van der Waals surface area contributed by atoms with E-state index in [1.807, 2.05) is 0 Å². The van der Waals surface area contributed by atoms with Crippen LogP contribution in [0.5, 0.6) is 0 Å². The monoisotopic (exact) mass is 577 g/mol. The highest BCUT2D eigenvalue weighted by molar-refractivity contribution is 5.83. The van der Waals surface area contributed by atoms with Gasteiger partial charge in [-0.2, -0.15) is 0 Å². The standard InChI is InChI=1S/C21H39NO17/c22-2-6(24)1-7(25)11(27)15(31)12(28)8(26)4-36-20-19(35)17(33)14(30)10(39-20)5-37-21-18(34)16(32)13(29)9(3-23)38-21/h6,8-21,23-24,26-35H,1-5,22H2/t6?,8-,9-,10-,11+,12-,13-,14-,15-,16+,17+,18-,19-,20+,21+/m1/s1. The zero-order valence-electron chi connectivity index (χ0n) is 20.7. The first kappa shape index (κ1) is 34.2. The molecule has 2 heterocycles. The summed E-state index contributed by atoms with van der Waals surface area (Å²) in [6, 6.07) is 0. The number of aliphatic hydroxyl groups excluding tert-OH is 12. The fraction of sp³-hybridized carbons (Fsp3) is 0.952. The molecule has 15 atom stereocenters. The van der Waals surface area contributed by atoms with Gasteiger partial charge < -0.3 is 86.0 Å². The van der Waals surface area contributed by atoms with Gasteiger partial charge in [0, 0.05) is 13.0 Å². The molecule has 2 aliphatic heterocycles. The van der Waals surface area contributed by atoms with Gasteiger partial charge in [-0.3, -0.25) is 4.79 Å². The fourth-order valence-corrected chi connectivity index (χ4v) is 3.92. The molecule has 0 aromatic heterocycles. The number of Topliss-reactive ketones (excluding diaryl/α,β-unsaturated/α-hetero) is 1. The lowest BCUT2D eigenvalue weighted by Crippen LogP contribution is -2.62. The van der Waals surface area contributed by atoms with E-state index >= 15 is 0 Å². The Bertz CT molecular complexity index is 747. The van der Waals surface area contributed by atoms with Crippen LogP contribution in [0.1, 0.15) is 6.42 Å². The summed E-state index contributed by atoms with van der Waals surface area (Å²) in [7, 11) is 0. The van der Waals surface area contributed by atoms with Gasteiger partial charge in [-0.1, -0.05) is 0 Å². The van der Waals surface area contributed by atoms with Crippen molar-refractivity contribution in [3.8, 4) is 0 Å². The number of ketones is 1. The predicted molar refractivity (Wildman–Crippen MR) is 121 cm³/mol. The van der Waals surface area contributed by atoms with Gasteiger partial charge in [-0.05, 0) is 0 Å². The molecular weight excluding hydrogens is 538 g/mol. The third-order valence-electron chi connectivity index (χ3n) is 6.48. The lowest BCUT2D eigenvalue weighted by molar-refractivity contribution is -0.333. The second-order valence-electron chi connectivity index (χ2n) is 9.43. The lowest BCUT2D eigenvalue weighted by Gasteiger charge is -2.42. The van der Waals surface area contributed by atoms with Crippen molar-refractivity contribution in [1.82, 2.24) is 0 Å². The molecule has 18 heteroatoms. The lowest BCUT2D eigenvalue weighted by atomic mass is 9.97. The maximum Gasteiger partial charge on any atom is 0.186 e. The van der Waals surface area contributed by atoms with E-state index in [2.05, 4.69) is 0 Å². The number of hydrogen-bond acceptors (Lipinski definition) is 18. The number of carbonyl (C=O) groups excluding carboxylic acids is 1. The number of ether oxygens (including phenoxy) is 4. The smallest absolute Gasteiger partial charge is 0.186 e. The van der Waals surface area contributed by atoms with Crippen LogP contribution in [0.15, 0.2) is 0 Å². The molecule has 0 saturated carbocycles. The second kappa shape index (κ2) is 15.3. The van der Waals surface area contributed by atoms with Gasteiger partial charge >= 0.3 is 0 Å². The van der Waals surface area contributed by atoms with Gasteiger partial charge in [-0.15, -0.1) is 0 Å². The summed E-state index contributed by atoms with van der Waals surface area (Å²) in [4.78, 5) is 11.9. The summed E-state index contributed by atoms with van der Waals surface area (Å²) in [5, 5.41) is 119. The van der Waals surface area contributed by atoms with Gasteiger partial charge in [0.2, 0.25) is 0 Å². The van der Waals surface area contributed by atoms with E-state index < -0.39 is 124 Å². The molecular formula is C21H39NO17. The van der Waals surface area contributed by atoms with Crippen LogP contribution >= 0.6 is 0 Å². The highest BCUT2D eigenvalue weighted by Crippen LogP contribution is 2.26. The van der Waals surface area contributed by atoms with Crippen LogP contribution in [0, 0.1) is 0 Å². The molecule has 0 aromatic rings. The summed E-state index contributed by atoms with van der Waals surface area (Å²) in [5.74, 6) is -1.06. The van der Waals surface area contributed by atoms with Crippen molar-refractivity contribution in [2.24, 2.45) is 5.73 Å². The minimum atomic E-state index is -2.20. The predicted octanol–water partition coefficient (Wildman–Crippen LogP) is -8.65. The molecule has 0 amide bonds. The van der Waals surface area contributed by atoms with Crippen molar-refractivity contribution in [2.45, 2.75) is 98.4 Å². The molecule has 14 N–H and O–H groups in total. The Morgan fingerprint density at radius 1 is 0.744 bits per heavy atom. The third-order valence-corrected chi connectivity index (χ3v) is 6.48. The number of nitrogens with two attached hydrogens (primary N) is 1. The van der Waals surface area contributed by atoms with E-state index in [1.54, 1.807) is 0 Å². The highest BCUT2D eigenvalue weighted by atomic mass is 16.7. The zero-order valence-corrected chi connectivity index (χ0v) is 20.7. The molecule has 0 spiro atoms. The van der Waals surface area contributed by atoms with Gasteiger partial charge in [0.05, 0.1) is 25.9 Å². The maximum absolute atomic E-state index is 11.9. The molecule has 2 aliphatic rings. The van der Waals surface area contributed by atoms with Crippen molar-refractivity contribution in [2.75, 3.05) is 26.4 Å². The minimum absolute atomic E-state index is 0.299. The Morgan fingerprint density at radius 2 is 1.26 bits per heavy atom. The SMILES string of the molecule is NCC(O)CC(=O)[C@H](O)[C@@H](O)[C@H](O)[C@H](O)CO[C@H]1O[C@H](CO[C@H]2O[C@H](CO)[C@@H](O)[C@H](O)[C@H]2O)[C@@H](O)[C@H](O)[C@H]1O. The average molecular weight is 578 g/mol. The summed E-state index contributed by atoms with van der Waals surface area (Å²) < 4.78 is 20.9. The van der Waals surface area contributed by atoms with E-state index in [9.17, 15) is 66.1 Å². The molecule has 0 aliphatic carbocycles. The van der Waals surface area contributed by atoms with Gasteiger partial charge in [0.25, 0.3) is 0 Å². The summed E-state index contributed by atoms with van der Waals surface area (Å²) in [6.07, 6.45) is -27.2. The van der Waals surface area contributed by atoms with Crippen molar-refractivity contribution in [1.29, 1.82) is 0 Å². The van der Waals surface area contributed by atoms with Crippen molar-refractivity contribution in [3.63, 3.8) is 0 Å². The van der Waals surface area contributed by atoms with Crippen LogP contribution in [0.2, 0.25) is 0 Å². The Hall–Kier alpha value is -1.01. The Labute approximate surface area is 222 Å². The highest BCUT2D eigenvalue weighted by Gasteiger charge is 2.48. The molecule has 0 radical (unpaired) electrons. The summed E-state index contributed by atoms with van der Waals surface area (Å²) in [5.41, 5.74) is 5.17. The van der Waals surface area contributed by atoms with Crippen LogP contribution in [-0.4, -0.2) is 185 Å². The quantitative estimate of drug-likeness (QED) is 0.0911. The molecule has 0 bridgehead atoms. The normalized spacial score (nSPS) is 39.5. The maximum atomic E-state index is 11.9. The topological polar surface area (TPSA) is 323 Å². The van der Waals surface area contributed by atoms with E-state index in [-0.39, 0.29) is 6.54 Å². The van der Waals surface area contributed by atoms with E-state index in [0.717, 1.165) is 0 Å². The Morgan fingerprint density at radius 3 is 1.79 bits per heavy atom. The molecule has 1 unspecified atom stereocenters. The Balaban J connectivity index is 1.94. The van der Waals surface area contributed by atoms with Crippen LogP contribution in [0.4, 0.5) is 0 Å². The largest absolute Gasteiger partial charge is 0.394 e. The van der Waals surface area contributed by atoms with Gasteiger partial charge in [-0.25, -0.2) is 0 Å². The first-order chi connectivity index (χ1) is 18.2. The zero-order chi connectivity index (χ0) is 29.6. The summed E-state index contributed by atoms with van der Waals surface area (Å²) >= 11 is 0. The van der Waals surface area contributed by atoms with Crippen LogP contribution in [0.25, 0.3) is 0 Å². The number of rotatable bonds is 14.